The molecule has 11 nitrogen and oxygen atoms in total. The monoisotopic (exact) mass is 592 g/mol. The summed E-state index contributed by atoms with van der Waals surface area (Å²) in [6, 6.07) is 4.08. The average molecular weight is 593 g/mol. The van der Waals surface area contributed by atoms with Gasteiger partial charge in [0, 0.05) is 68.3 Å². The minimum absolute atomic E-state index is 0.0964. The molecule has 2 saturated heterocycles. The summed E-state index contributed by atoms with van der Waals surface area (Å²) in [5.41, 5.74) is 0.421. The largest absolute Gasteiger partial charge is 0.501 e. The fraction of sp³-hybridized carbons (Fsp3) is 0.375. The molecular weight excluding hydrogens is 568 g/mol. The predicted molar refractivity (Wildman–Crippen MR) is 146 cm³/mol. The van der Waals surface area contributed by atoms with Crippen molar-refractivity contribution in [1.82, 2.24) is 23.6 Å². The topological polar surface area (TPSA) is 121 Å². The van der Waals surface area contributed by atoms with E-state index in [9.17, 15) is 22.7 Å². The molecule has 1 aromatic carbocycles. The van der Waals surface area contributed by atoms with Crippen LogP contribution in [0.5, 0.6) is 5.75 Å². The van der Waals surface area contributed by atoms with Crippen LogP contribution in [-0.2, 0) is 27.9 Å². The number of hydrogen-bond acceptors (Lipinski definition) is 10. The molecule has 0 amide bonds. The van der Waals surface area contributed by atoms with Crippen LogP contribution in [0.15, 0.2) is 35.4 Å². The number of anilines is 1. The highest BCUT2D eigenvalue weighted by atomic mass is 32.2. The fourth-order valence-corrected chi connectivity index (χ4v) is 7.98. The van der Waals surface area contributed by atoms with Gasteiger partial charge in [0.1, 0.15) is 16.5 Å². The SMILES string of the molecule is CN1CCN(c2cc(F)ccc2Cc2cnc(-c3nc4sc(CN5CCOCC5)cn4c(=O)c3O)s2)S1(=O)=O. The first-order valence-corrected chi connectivity index (χ1v) is 15.3. The van der Waals surface area contributed by atoms with E-state index in [0.717, 1.165) is 22.8 Å². The molecule has 6 rings (SSSR count). The zero-order chi connectivity index (χ0) is 27.3. The highest BCUT2D eigenvalue weighted by Crippen LogP contribution is 2.34. The van der Waals surface area contributed by atoms with E-state index in [1.165, 1.54) is 54.9 Å². The van der Waals surface area contributed by atoms with Crippen molar-refractivity contribution in [3.05, 3.63) is 62.1 Å². The Bertz CT molecular complexity index is 1710. The van der Waals surface area contributed by atoms with Crippen LogP contribution in [0.1, 0.15) is 15.3 Å². The van der Waals surface area contributed by atoms with Gasteiger partial charge in [0.25, 0.3) is 0 Å². The number of benzene rings is 1. The number of nitrogens with zero attached hydrogens (tertiary/aromatic N) is 6. The molecular formula is C24H25FN6O5S3. The predicted octanol–water partition coefficient (Wildman–Crippen LogP) is 2.14. The maximum Gasteiger partial charge on any atom is 0.303 e. The number of aromatic hydroxyl groups is 1. The lowest BCUT2D eigenvalue weighted by Crippen LogP contribution is -2.35. The van der Waals surface area contributed by atoms with Crippen LogP contribution in [-0.4, -0.2) is 83.5 Å². The van der Waals surface area contributed by atoms with Crippen molar-refractivity contribution in [2.24, 2.45) is 0 Å². The Morgan fingerprint density at radius 2 is 1.92 bits per heavy atom. The number of rotatable bonds is 6. The van der Waals surface area contributed by atoms with Gasteiger partial charge in [-0.25, -0.2) is 14.4 Å². The Hall–Kier alpha value is -2.95. The van der Waals surface area contributed by atoms with Crippen molar-refractivity contribution in [2.75, 3.05) is 50.7 Å². The quantitative estimate of drug-likeness (QED) is 0.362. The Balaban J connectivity index is 1.29. The molecule has 2 fully saturated rings. The number of thiazole rings is 2. The number of hydrogen-bond donors (Lipinski definition) is 1. The molecule has 39 heavy (non-hydrogen) atoms. The van der Waals surface area contributed by atoms with Gasteiger partial charge in [-0.05, 0) is 17.7 Å². The molecule has 0 spiro atoms. The maximum atomic E-state index is 14.1. The Kier molecular flexibility index (Phi) is 6.89. The van der Waals surface area contributed by atoms with Crippen molar-refractivity contribution in [3.63, 3.8) is 0 Å². The van der Waals surface area contributed by atoms with Gasteiger partial charge in [0.15, 0.2) is 4.96 Å². The standard InChI is InChI=1S/C24H25FN6O5S3/c1-28-4-5-31(39(28,34)35)19-11-16(25)3-2-15(19)10-17-12-26-22(37-17)20-21(32)23(33)30-14-18(38-24(30)27-20)13-29-6-8-36-9-7-29/h2-3,11-12,14,32H,4-10,13H2,1H3. The Morgan fingerprint density at radius 1 is 1.13 bits per heavy atom. The van der Waals surface area contributed by atoms with Crippen LogP contribution in [0.25, 0.3) is 15.7 Å². The fourth-order valence-electron chi connectivity index (χ4n) is 4.66. The van der Waals surface area contributed by atoms with E-state index < -0.39 is 27.3 Å². The van der Waals surface area contributed by atoms with Crippen molar-refractivity contribution in [1.29, 1.82) is 0 Å². The molecule has 1 N–H and O–H groups in total. The molecule has 2 aliphatic heterocycles. The summed E-state index contributed by atoms with van der Waals surface area (Å²) < 4.78 is 48.8. The number of likely N-dealkylation sites (N-methyl/N-ethyl adjacent to an activating group) is 1. The highest BCUT2D eigenvalue weighted by molar-refractivity contribution is 7.90. The Morgan fingerprint density at radius 3 is 2.67 bits per heavy atom. The number of ether oxygens (including phenoxy) is 1. The molecule has 0 atom stereocenters. The van der Waals surface area contributed by atoms with Crippen LogP contribution in [0, 0.1) is 5.82 Å². The molecule has 2 aliphatic rings. The number of aromatic nitrogens is 3. The van der Waals surface area contributed by atoms with Gasteiger partial charge in [-0.1, -0.05) is 17.4 Å². The van der Waals surface area contributed by atoms with Gasteiger partial charge in [0.05, 0.1) is 18.9 Å². The molecule has 0 unspecified atom stereocenters. The minimum Gasteiger partial charge on any atom is -0.501 e. The average Bonchev–Trinajstić information content (AvgIpc) is 3.61. The number of halogens is 1. The second-order valence-corrected chi connectivity index (χ2v) is 13.5. The summed E-state index contributed by atoms with van der Waals surface area (Å²) >= 11 is 2.61. The molecule has 0 bridgehead atoms. The third-order valence-corrected chi connectivity index (χ3v) is 10.6. The van der Waals surface area contributed by atoms with Crippen molar-refractivity contribution in [3.8, 4) is 16.5 Å². The molecule has 0 aliphatic carbocycles. The van der Waals surface area contributed by atoms with E-state index in [4.69, 9.17) is 4.74 Å². The molecule has 0 saturated carbocycles. The summed E-state index contributed by atoms with van der Waals surface area (Å²) in [6.07, 6.45) is 3.59. The van der Waals surface area contributed by atoms with Crippen LogP contribution < -0.4 is 9.86 Å². The highest BCUT2D eigenvalue weighted by Gasteiger charge is 2.35. The van der Waals surface area contributed by atoms with Crippen LogP contribution in [0.3, 0.4) is 0 Å². The summed E-state index contributed by atoms with van der Waals surface area (Å²) in [4.78, 5) is 26.3. The third-order valence-electron chi connectivity index (χ3n) is 6.77. The van der Waals surface area contributed by atoms with E-state index in [0.29, 0.717) is 41.8 Å². The zero-order valence-corrected chi connectivity index (χ0v) is 23.4. The van der Waals surface area contributed by atoms with Crippen molar-refractivity contribution in [2.45, 2.75) is 13.0 Å². The lowest BCUT2D eigenvalue weighted by Gasteiger charge is -2.25. The molecule has 206 valence electrons. The smallest absolute Gasteiger partial charge is 0.303 e. The molecule has 15 heteroatoms. The van der Waals surface area contributed by atoms with Gasteiger partial charge in [-0.2, -0.15) is 12.7 Å². The van der Waals surface area contributed by atoms with Gasteiger partial charge in [-0.15, -0.1) is 11.3 Å². The van der Waals surface area contributed by atoms with E-state index in [1.54, 1.807) is 18.5 Å². The van der Waals surface area contributed by atoms with Crippen molar-refractivity contribution >= 4 is 43.5 Å². The second-order valence-electron chi connectivity index (χ2n) is 9.34. The first-order chi connectivity index (χ1) is 18.7. The summed E-state index contributed by atoms with van der Waals surface area (Å²) in [5.74, 6) is -1.02. The lowest BCUT2D eigenvalue weighted by atomic mass is 10.1. The van der Waals surface area contributed by atoms with Gasteiger partial charge in [-0.3, -0.25) is 18.4 Å². The number of morpholine rings is 1. The van der Waals surface area contributed by atoms with Crippen LogP contribution in [0.2, 0.25) is 0 Å². The second kappa shape index (κ2) is 10.2. The van der Waals surface area contributed by atoms with Crippen molar-refractivity contribution < 1.29 is 22.7 Å². The Labute approximate surface area is 231 Å². The maximum absolute atomic E-state index is 14.1. The number of fused-ring (bicyclic) bond motifs is 1. The normalized spacial score (nSPS) is 18.4. The zero-order valence-electron chi connectivity index (χ0n) is 20.9. The summed E-state index contributed by atoms with van der Waals surface area (Å²) in [7, 11) is -2.24. The van der Waals surface area contributed by atoms with Gasteiger partial charge in [0.2, 0.25) is 5.75 Å². The first-order valence-electron chi connectivity index (χ1n) is 12.2. The molecule has 0 radical (unpaired) electrons. The first kappa shape index (κ1) is 26.3. The van der Waals surface area contributed by atoms with Gasteiger partial charge >= 0.3 is 15.8 Å². The van der Waals surface area contributed by atoms with Crippen LogP contribution >= 0.6 is 22.7 Å². The van der Waals surface area contributed by atoms with Gasteiger partial charge < -0.3 is 9.84 Å². The molecule has 3 aromatic heterocycles. The summed E-state index contributed by atoms with van der Waals surface area (Å²) in [5, 5.41) is 11.1. The van der Waals surface area contributed by atoms with E-state index >= 15 is 0 Å². The van der Waals surface area contributed by atoms with E-state index in [-0.39, 0.29) is 24.3 Å². The minimum atomic E-state index is -3.73. The molecule has 5 heterocycles. The van der Waals surface area contributed by atoms with E-state index in [2.05, 4.69) is 14.9 Å². The summed E-state index contributed by atoms with van der Waals surface area (Å²) in [6.45, 7) is 4.16. The third kappa shape index (κ3) is 4.94. The lowest BCUT2D eigenvalue weighted by molar-refractivity contribution is 0.0346. The molecule has 4 aromatic rings. The van der Waals surface area contributed by atoms with E-state index in [1.807, 2.05) is 0 Å². The van der Waals surface area contributed by atoms with Crippen LogP contribution in [0.4, 0.5) is 10.1 Å².